The van der Waals surface area contributed by atoms with Crippen LogP contribution in [0.25, 0.3) is 0 Å². The third kappa shape index (κ3) is 1.96. The van der Waals surface area contributed by atoms with Crippen molar-refractivity contribution in [1.29, 1.82) is 0 Å². The number of phenols is 1. The summed E-state index contributed by atoms with van der Waals surface area (Å²) in [6.07, 6.45) is 1.09. The van der Waals surface area contributed by atoms with Crippen LogP contribution in [0.4, 0.5) is 0 Å². The largest absolute Gasteiger partial charge is 0.503 e. The number of benzene rings is 1. The van der Waals surface area contributed by atoms with Crippen molar-refractivity contribution in [2.24, 2.45) is 0 Å². The number of rotatable bonds is 2. The van der Waals surface area contributed by atoms with Gasteiger partial charge in [-0.25, -0.2) is 0 Å². The first-order valence-corrected chi connectivity index (χ1v) is 5.79. The molecule has 0 amide bonds. The van der Waals surface area contributed by atoms with E-state index in [1.807, 2.05) is 12.1 Å². The summed E-state index contributed by atoms with van der Waals surface area (Å²) in [6.45, 7) is 1.99. The molecule has 1 aliphatic rings. The topological polar surface area (TPSA) is 41.5 Å². The molecule has 1 heterocycles. The van der Waals surface area contributed by atoms with Crippen LogP contribution in [-0.4, -0.2) is 25.3 Å². The van der Waals surface area contributed by atoms with Gasteiger partial charge in [-0.3, -0.25) is 0 Å². The molecule has 3 nitrogen and oxygen atoms in total. The quantitative estimate of drug-likeness (QED) is 0.867. The Morgan fingerprint density at radius 3 is 2.93 bits per heavy atom. The van der Waals surface area contributed by atoms with Crippen LogP contribution in [0.5, 0.6) is 11.5 Å². The number of halogens is 1. The van der Waals surface area contributed by atoms with E-state index in [0.717, 1.165) is 25.1 Å². The summed E-state index contributed by atoms with van der Waals surface area (Å²) in [4.78, 5) is 0. The Morgan fingerprint density at radius 1 is 1.53 bits per heavy atom. The molecule has 2 N–H and O–H groups in total. The van der Waals surface area contributed by atoms with Gasteiger partial charge in [0.15, 0.2) is 11.5 Å². The minimum absolute atomic E-state index is 0.196. The molecule has 1 aliphatic heterocycles. The lowest BCUT2D eigenvalue weighted by Gasteiger charge is -2.15. The molecule has 2 rings (SSSR count). The summed E-state index contributed by atoms with van der Waals surface area (Å²) in [5, 5.41) is 13.2. The van der Waals surface area contributed by atoms with Crippen molar-refractivity contribution in [2.45, 2.75) is 12.3 Å². The molecule has 4 heteroatoms. The summed E-state index contributed by atoms with van der Waals surface area (Å²) in [6, 6.07) is 3.88. The van der Waals surface area contributed by atoms with Crippen LogP contribution in [0.2, 0.25) is 0 Å². The minimum Gasteiger partial charge on any atom is -0.503 e. The second kappa shape index (κ2) is 4.41. The van der Waals surface area contributed by atoms with E-state index in [4.69, 9.17) is 4.74 Å². The van der Waals surface area contributed by atoms with Crippen LogP contribution < -0.4 is 10.1 Å². The normalized spacial score (nSPS) is 20.5. The molecule has 1 aromatic rings. The van der Waals surface area contributed by atoms with E-state index >= 15 is 0 Å². The first kappa shape index (κ1) is 10.8. The lowest BCUT2D eigenvalue weighted by atomic mass is 9.97. The van der Waals surface area contributed by atoms with Gasteiger partial charge in [-0.05, 0) is 35.0 Å². The third-order valence-corrected chi connectivity index (χ3v) is 3.46. The van der Waals surface area contributed by atoms with Gasteiger partial charge in [0.2, 0.25) is 0 Å². The van der Waals surface area contributed by atoms with Crippen LogP contribution in [0, 0.1) is 0 Å². The molecule has 0 spiro atoms. The lowest BCUT2D eigenvalue weighted by molar-refractivity contribution is 0.365. The fraction of sp³-hybridized carbons (Fsp3) is 0.455. The van der Waals surface area contributed by atoms with Crippen molar-refractivity contribution in [1.82, 2.24) is 5.32 Å². The summed E-state index contributed by atoms with van der Waals surface area (Å²) >= 11 is 3.28. The summed E-state index contributed by atoms with van der Waals surface area (Å²) < 4.78 is 5.94. The molecule has 82 valence electrons. The maximum atomic E-state index is 9.85. The van der Waals surface area contributed by atoms with E-state index in [1.54, 1.807) is 7.11 Å². The maximum absolute atomic E-state index is 9.85. The number of methoxy groups -OCH3 is 1. The van der Waals surface area contributed by atoms with E-state index in [2.05, 4.69) is 21.2 Å². The van der Waals surface area contributed by atoms with Crippen molar-refractivity contribution in [3.05, 3.63) is 22.2 Å². The van der Waals surface area contributed by atoms with Gasteiger partial charge in [-0.15, -0.1) is 0 Å². The lowest BCUT2D eigenvalue weighted by Crippen LogP contribution is -2.08. The highest BCUT2D eigenvalue weighted by Crippen LogP contribution is 2.41. The van der Waals surface area contributed by atoms with Gasteiger partial charge >= 0.3 is 0 Å². The monoisotopic (exact) mass is 271 g/mol. The number of nitrogens with one attached hydrogen (secondary N) is 1. The van der Waals surface area contributed by atoms with Crippen molar-refractivity contribution >= 4 is 15.9 Å². The van der Waals surface area contributed by atoms with Gasteiger partial charge in [0.05, 0.1) is 11.6 Å². The van der Waals surface area contributed by atoms with Gasteiger partial charge in [0.25, 0.3) is 0 Å². The van der Waals surface area contributed by atoms with Gasteiger partial charge < -0.3 is 15.2 Å². The Balaban J connectivity index is 2.41. The Labute approximate surface area is 97.6 Å². The van der Waals surface area contributed by atoms with E-state index in [1.165, 1.54) is 0 Å². The smallest absolute Gasteiger partial charge is 0.172 e. The number of aromatic hydroxyl groups is 1. The number of hydrogen-bond donors (Lipinski definition) is 2. The standard InChI is InChI=1S/C11H14BrNO2/c1-15-11-8(7-4-5-13-6-7)2-3-9(12)10(11)14/h2-3,7,13-14H,4-6H2,1H3. The van der Waals surface area contributed by atoms with Crippen molar-refractivity contribution in [3.63, 3.8) is 0 Å². The Bertz CT molecular complexity index is 362. The second-order valence-corrected chi connectivity index (χ2v) is 4.56. The van der Waals surface area contributed by atoms with E-state index < -0.39 is 0 Å². The Morgan fingerprint density at radius 2 is 2.33 bits per heavy atom. The van der Waals surface area contributed by atoms with Crippen molar-refractivity contribution in [2.75, 3.05) is 20.2 Å². The molecule has 1 aromatic carbocycles. The van der Waals surface area contributed by atoms with E-state index in [9.17, 15) is 5.11 Å². The van der Waals surface area contributed by atoms with E-state index in [-0.39, 0.29) is 5.75 Å². The van der Waals surface area contributed by atoms with Gasteiger partial charge in [0, 0.05) is 18.0 Å². The third-order valence-electron chi connectivity index (χ3n) is 2.82. The predicted octanol–water partition coefficient (Wildman–Crippen LogP) is 2.24. The summed E-state index contributed by atoms with van der Waals surface area (Å²) in [7, 11) is 1.59. The Kier molecular flexibility index (Phi) is 3.17. The van der Waals surface area contributed by atoms with E-state index in [0.29, 0.717) is 16.1 Å². The summed E-state index contributed by atoms with van der Waals surface area (Å²) in [5.41, 5.74) is 1.09. The fourth-order valence-electron chi connectivity index (χ4n) is 2.02. The Hall–Kier alpha value is -0.740. The molecule has 1 saturated heterocycles. The highest BCUT2D eigenvalue weighted by molar-refractivity contribution is 9.10. The van der Waals surface area contributed by atoms with Crippen LogP contribution >= 0.6 is 15.9 Å². The molecule has 0 saturated carbocycles. The van der Waals surface area contributed by atoms with Crippen molar-refractivity contribution < 1.29 is 9.84 Å². The second-order valence-electron chi connectivity index (χ2n) is 3.71. The van der Waals surface area contributed by atoms with Crippen molar-refractivity contribution in [3.8, 4) is 11.5 Å². The average molecular weight is 272 g/mol. The molecule has 0 aliphatic carbocycles. The fourth-order valence-corrected chi connectivity index (χ4v) is 2.33. The maximum Gasteiger partial charge on any atom is 0.172 e. The molecule has 1 atom stereocenters. The molecule has 0 aromatic heterocycles. The molecular weight excluding hydrogens is 258 g/mol. The summed E-state index contributed by atoms with van der Waals surface area (Å²) in [5.74, 6) is 1.24. The minimum atomic E-state index is 0.196. The average Bonchev–Trinajstić information content (AvgIpc) is 2.75. The van der Waals surface area contributed by atoms with Gasteiger partial charge in [0.1, 0.15) is 0 Å². The zero-order valence-corrected chi connectivity index (χ0v) is 10.2. The molecular formula is C11H14BrNO2. The predicted molar refractivity (Wildman–Crippen MR) is 62.6 cm³/mol. The highest BCUT2D eigenvalue weighted by atomic mass is 79.9. The highest BCUT2D eigenvalue weighted by Gasteiger charge is 2.22. The number of hydrogen-bond acceptors (Lipinski definition) is 3. The zero-order chi connectivity index (χ0) is 10.8. The van der Waals surface area contributed by atoms with Crippen LogP contribution in [0.3, 0.4) is 0 Å². The first-order chi connectivity index (χ1) is 7.24. The van der Waals surface area contributed by atoms with Crippen LogP contribution in [-0.2, 0) is 0 Å². The van der Waals surface area contributed by atoms with Gasteiger partial charge in [-0.1, -0.05) is 6.07 Å². The zero-order valence-electron chi connectivity index (χ0n) is 8.59. The van der Waals surface area contributed by atoms with Crippen LogP contribution in [0.15, 0.2) is 16.6 Å². The SMILES string of the molecule is COc1c(C2CCNC2)ccc(Br)c1O. The molecule has 15 heavy (non-hydrogen) atoms. The number of ether oxygens (including phenoxy) is 1. The number of phenolic OH excluding ortho intramolecular Hbond substituents is 1. The van der Waals surface area contributed by atoms with Gasteiger partial charge in [-0.2, -0.15) is 0 Å². The first-order valence-electron chi connectivity index (χ1n) is 5.00. The molecule has 0 radical (unpaired) electrons. The van der Waals surface area contributed by atoms with Crippen LogP contribution in [0.1, 0.15) is 17.9 Å². The molecule has 0 bridgehead atoms. The molecule has 1 fully saturated rings. The molecule has 1 unspecified atom stereocenters.